The van der Waals surface area contributed by atoms with Crippen LogP contribution < -0.4 is 16.4 Å². The van der Waals surface area contributed by atoms with Crippen molar-refractivity contribution in [2.45, 2.75) is 63.6 Å². The molecule has 1 aromatic heterocycles. The predicted octanol–water partition coefficient (Wildman–Crippen LogP) is 3.66. The van der Waals surface area contributed by atoms with Crippen molar-refractivity contribution in [3.05, 3.63) is 41.7 Å². The maximum atomic E-state index is 14.9. The lowest BCUT2D eigenvalue weighted by atomic mass is 9.82. The number of nitrogens with one attached hydrogen (secondary N) is 3. The summed E-state index contributed by atoms with van der Waals surface area (Å²) in [6.45, 7) is 8.89. The Hall–Kier alpha value is -2.32. The van der Waals surface area contributed by atoms with Crippen LogP contribution >= 0.6 is 0 Å². The van der Waals surface area contributed by atoms with E-state index in [2.05, 4.69) is 32.2 Å². The molecule has 2 aromatic rings. The summed E-state index contributed by atoms with van der Waals surface area (Å²) in [5, 5.41) is 6.68. The summed E-state index contributed by atoms with van der Waals surface area (Å²) in [6.07, 6.45) is 4.30. The summed E-state index contributed by atoms with van der Waals surface area (Å²) in [4.78, 5) is 12.4. The molecule has 0 radical (unpaired) electrons. The monoisotopic (exact) mass is 430 g/mol. The fraction of sp³-hybridized carbons (Fsp3) is 0.565. The smallest absolute Gasteiger partial charge is 0.128 e. The minimum atomic E-state index is -1.23. The zero-order chi connectivity index (χ0) is 22.2. The second-order valence-electron chi connectivity index (χ2n) is 9.07. The van der Waals surface area contributed by atoms with E-state index in [1.807, 2.05) is 6.92 Å². The lowest BCUT2D eigenvalue weighted by molar-refractivity contribution is 0.310. The van der Waals surface area contributed by atoms with Gasteiger partial charge in [0.15, 0.2) is 0 Å². The number of aromatic amines is 1. The zero-order valence-electron chi connectivity index (χ0n) is 18.3. The number of hydrogen-bond donors (Lipinski definition) is 4. The van der Waals surface area contributed by atoms with Crippen molar-refractivity contribution in [1.29, 1.82) is 0 Å². The van der Waals surface area contributed by atoms with Gasteiger partial charge in [-0.2, -0.15) is 0 Å². The van der Waals surface area contributed by atoms with Crippen LogP contribution in [-0.2, 0) is 6.42 Å². The van der Waals surface area contributed by atoms with Gasteiger partial charge in [-0.1, -0.05) is 13.5 Å². The lowest BCUT2D eigenvalue weighted by Crippen LogP contribution is -2.42. The molecule has 0 aliphatic carbocycles. The van der Waals surface area contributed by atoms with Crippen molar-refractivity contribution in [3.8, 4) is 0 Å². The van der Waals surface area contributed by atoms with E-state index in [9.17, 15) is 8.78 Å². The van der Waals surface area contributed by atoms with Crippen LogP contribution in [0.5, 0.6) is 0 Å². The molecule has 2 aliphatic rings. The second-order valence-corrected chi connectivity index (χ2v) is 9.07. The van der Waals surface area contributed by atoms with E-state index >= 15 is 0 Å². The average Bonchev–Trinajstić information content (AvgIpc) is 3.48. The maximum absolute atomic E-state index is 14.9. The summed E-state index contributed by atoms with van der Waals surface area (Å²) < 4.78 is 29.5. The highest BCUT2D eigenvalue weighted by molar-refractivity contribution is 5.86. The molecule has 2 unspecified atom stereocenters. The van der Waals surface area contributed by atoms with Gasteiger partial charge in [0.05, 0.1) is 23.1 Å². The predicted molar refractivity (Wildman–Crippen MR) is 120 cm³/mol. The molecular weight excluding hydrogens is 398 g/mol. The molecule has 0 amide bonds. The molecule has 3 heterocycles. The third kappa shape index (κ3) is 4.36. The highest BCUT2D eigenvalue weighted by Gasteiger charge is 2.36. The fourth-order valence-corrected chi connectivity index (χ4v) is 4.59. The number of fused-ring (bicyclic) bond motifs is 1. The molecule has 2 aliphatic heterocycles. The number of nitrogens with two attached hydrogens (primary N) is 1. The number of aromatic nitrogens is 2. The first-order valence-electron chi connectivity index (χ1n) is 11.1. The van der Waals surface area contributed by atoms with E-state index in [1.165, 1.54) is 6.07 Å². The molecule has 1 aromatic carbocycles. The third-order valence-corrected chi connectivity index (χ3v) is 6.87. The van der Waals surface area contributed by atoms with Crippen LogP contribution in [0.4, 0.5) is 8.78 Å². The molecule has 6 nitrogen and oxygen atoms in total. The lowest BCUT2D eigenvalue weighted by Gasteiger charge is -2.31. The van der Waals surface area contributed by atoms with Crippen LogP contribution in [0.25, 0.3) is 11.0 Å². The largest absolute Gasteiger partial charge is 0.386 e. The highest BCUT2D eigenvalue weighted by Crippen LogP contribution is 2.34. The van der Waals surface area contributed by atoms with E-state index in [0.29, 0.717) is 23.3 Å². The summed E-state index contributed by atoms with van der Waals surface area (Å²) in [6, 6.07) is 3.36. The van der Waals surface area contributed by atoms with Crippen molar-refractivity contribution >= 4 is 16.9 Å². The first kappa shape index (κ1) is 21.9. The quantitative estimate of drug-likeness (QED) is 0.399. The first-order chi connectivity index (χ1) is 14.8. The van der Waals surface area contributed by atoms with Gasteiger partial charge in [-0.05, 0) is 69.7 Å². The SMILES string of the molecule is C=C(F)C(C)(N=C(N)[C@@H]1CCCN1)C(C)Cc1cc2[nH]c([C@@H]3CCCN3)nc2cc1F. The number of nitrogens with zero attached hydrogens (tertiary/aromatic N) is 2. The number of H-pyrrole nitrogens is 1. The molecular formula is C23H32F2N6. The Labute approximate surface area is 181 Å². The Morgan fingerprint density at radius 2 is 2.06 bits per heavy atom. The van der Waals surface area contributed by atoms with E-state index < -0.39 is 11.4 Å². The van der Waals surface area contributed by atoms with Gasteiger partial charge in [0.1, 0.15) is 28.8 Å². The van der Waals surface area contributed by atoms with Gasteiger partial charge in [-0.15, -0.1) is 0 Å². The standard InChI is InChI=1S/C23H32F2N6/c1-13(23(3,14(2)24)31-21(26)17-6-4-8-27-17)10-15-11-19-20(12-16(15)25)30-22(29-19)18-7-5-9-28-18/h11-13,17-18,27-28H,2,4-10H2,1,3H3,(H2,26,31)(H,29,30)/t13?,17-,18-,23?/m0/s1. The van der Waals surface area contributed by atoms with Gasteiger partial charge in [0, 0.05) is 6.07 Å². The Kier molecular flexibility index (Phi) is 6.12. The normalized spacial score (nSPS) is 25.1. The van der Waals surface area contributed by atoms with Gasteiger partial charge in [0.25, 0.3) is 0 Å². The molecule has 4 atom stereocenters. The number of benzene rings is 1. The number of aliphatic imine (C=N–C) groups is 1. The molecule has 4 rings (SSSR count). The average molecular weight is 431 g/mol. The van der Waals surface area contributed by atoms with Gasteiger partial charge >= 0.3 is 0 Å². The van der Waals surface area contributed by atoms with Gasteiger partial charge < -0.3 is 21.4 Å². The van der Waals surface area contributed by atoms with Gasteiger partial charge in [-0.3, -0.25) is 4.99 Å². The molecule has 168 valence electrons. The van der Waals surface area contributed by atoms with Crippen LogP contribution in [0.3, 0.4) is 0 Å². The topological polar surface area (TPSA) is 91.1 Å². The number of amidine groups is 1. The van der Waals surface area contributed by atoms with Crippen molar-refractivity contribution in [2.24, 2.45) is 16.6 Å². The van der Waals surface area contributed by atoms with Crippen LogP contribution in [0.2, 0.25) is 0 Å². The summed E-state index contributed by atoms with van der Waals surface area (Å²) >= 11 is 0. The molecule has 0 saturated carbocycles. The van der Waals surface area contributed by atoms with Crippen molar-refractivity contribution in [2.75, 3.05) is 13.1 Å². The summed E-state index contributed by atoms with van der Waals surface area (Å²) in [5.41, 5.74) is 6.83. The fourth-order valence-electron chi connectivity index (χ4n) is 4.59. The third-order valence-electron chi connectivity index (χ3n) is 6.87. The summed E-state index contributed by atoms with van der Waals surface area (Å²) in [5.74, 6) is -0.0586. The highest BCUT2D eigenvalue weighted by atomic mass is 19.1. The molecule has 0 bridgehead atoms. The van der Waals surface area contributed by atoms with Crippen LogP contribution in [0, 0.1) is 11.7 Å². The van der Waals surface area contributed by atoms with Crippen molar-refractivity contribution in [1.82, 2.24) is 20.6 Å². The number of hydrogen-bond acceptors (Lipinski definition) is 4. The molecule has 2 saturated heterocycles. The van der Waals surface area contributed by atoms with E-state index in [4.69, 9.17) is 5.73 Å². The van der Waals surface area contributed by atoms with E-state index in [-0.39, 0.29) is 23.8 Å². The van der Waals surface area contributed by atoms with Crippen molar-refractivity contribution in [3.63, 3.8) is 0 Å². The Morgan fingerprint density at radius 1 is 1.32 bits per heavy atom. The first-order valence-corrected chi connectivity index (χ1v) is 11.1. The van der Waals surface area contributed by atoms with E-state index in [1.54, 1.807) is 13.0 Å². The Balaban J connectivity index is 1.59. The minimum Gasteiger partial charge on any atom is -0.386 e. The van der Waals surface area contributed by atoms with Crippen LogP contribution in [0.15, 0.2) is 29.5 Å². The van der Waals surface area contributed by atoms with Crippen LogP contribution in [0.1, 0.15) is 57.0 Å². The zero-order valence-corrected chi connectivity index (χ0v) is 18.3. The Bertz CT molecular complexity index is 987. The maximum Gasteiger partial charge on any atom is 0.128 e. The van der Waals surface area contributed by atoms with Gasteiger partial charge in [0.2, 0.25) is 0 Å². The molecule has 5 N–H and O–H groups in total. The molecule has 2 fully saturated rings. The molecule has 31 heavy (non-hydrogen) atoms. The number of halogens is 2. The second kappa shape index (κ2) is 8.67. The number of rotatable bonds is 7. The Morgan fingerprint density at radius 3 is 2.71 bits per heavy atom. The molecule has 0 spiro atoms. The molecule has 8 heteroatoms. The van der Waals surface area contributed by atoms with Crippen LogP contribution in [-0.4, -0.2) is 40.5 Å². The number of imidazole rings is 1. The van der Waals surface area contributed by atoms with E-state index in [0.717, 1.165) is 50.1 Å². The van der Waals surface area contributed by atoms with Crippen molar-refractivity contribution < 1.29 is 8.78 Å². The summed E-state index contributed by atoms with van der Waals surface area (Å²) in [7, 11) is 0. The minimum absolute atomic E-state index is 0.0495. The van der Waals surface area contributed by atoms with Gasteiger partial charge in [-0.25, -0.2) is 13.8 Å².